The highest BCUT2D eigenvalue weighted by Crippen LogP contribution is 2.42. The molecule has 1 aliphatic carbocycles. The molecule has 1 aromatic rings. The van der Waals surface area contributed by atoms with Gasteiger partial charge in [0.15, 0.2) is 0 Å². The number of rotatable bonds is 0. The van der Waals surface area contributed by atoms with Gasteiger partial charge in [0.05, 0.1) is 12.5 Å². The van der Waals surface area contributed by atoms with Gasteiger partial charge in [-0.05, 0) is 17.5 Å². The van der Waals surface area contributed by atoms with Gasteiger partial charge in [-0.3, -0.25) is 4.79 Å². The molecule has 0 unspecified atom stereocenters. The van der Waals surface area contributed by atoms with Crippen molar-refractivity contribution < 1.29 is 9.53 Å². The molecule has 2 nitrogen and oxygen atoms in total. The molecule has 0 radical (unpaired) electrons. The molecule has 0 bridgehead atoms. The van der Waals surface area contributed by atoms with Gasteiger partial charge in [-0.15, -0.1) is 0 Å². The molecule has 1 saturated heterocycles. The predicted molar refractivity (Wildman–Crippen MR) is 47.3 cm³/mol. The van der Waals surface area contributed by atoms with Gasteiger partial charge >= 0.3 is 5.97 Å². The minimum Gasteiger partial charge on any atom is -0.465 e. The molecular weight excluding hydrogens is 164 g/mol. The molecule has 1 aliphatic heterocycles. The summed E-state index contributed by atoms with van der Waals surface area (Å²) >= 11 is 0. The molecule has 0 spiro atoms. The Hall–Kier alpha value is -1.31. The van der Waals surface area contributed by atoms with E-state index in [1.54, 1.807) is 0 Å². The maximum absolute atomic E-state index is 11.4. The van der Waals surface area contributed by atoms with Gasteiger partial charge in [0.25, 0.3) is 0 Å². The molecule has 13 heavy (non-hydrogen) atoms. The number of esters is 1. The lowest BCUT2D eigenvalue weighted by Crippen LogP contribution is -2.07. The van der Waals surface area contributed by atoms with Crippen molar-refractivity contribution in [2.24, 2.45) is 5.92 Å². The summed E-state index contributed by atoms with van der Waals surface area (Å²) in [5, 5.41) is 0. The van der Waals surface area contributed by atoms with Crippen molar-refractivity contribution in [2.45, 2.75) is 12.3 Å². The van der Waals surface area contributed by atoms with Gasteiger partial charge in [0.1, 0.15) is 0 Å². The molecule has 0 amide bonds. The Morgan fingerprint density at radius 3 is 3.08 bits per heavy atom. The summed E-state index contributed by atoms with van der Waals surface area (Å²) in [6, 6.07) is 8.19. The number of benzene rings is 1. The standard InChI is InChI=1S/C11H10O2/c12-11-10-8(6-13-11)5-7-3-1-2-4-9(7)10/h1-4,8,10H,5-6H2/t8-,10+/m1/s1. The zero-order valence-corrected chi connectivity index (χ0v) is 7.19. The van der Waals surface area contributed by atoms with Crippen LogP contribution in [0.3, 0.4) is 0 Å². The Morgan fingerprint density at radius 1 is 1.31 bits per heavy atom. The molecule has 0 aromatic heterocycles. The summed E-state index contributed by atoms with van der Waals surface area (Å²) in [7, 11) is 0. The van der Waals surface area contributed by atoms with Gasteiger partial charge in [-0.25, -0.2) is 0 Å². The first kappa shape index (κ1) is 7.13. The van der Waals surface area contributed by atoms with Crippen molar-refractivity contribution in [1.29, 1.82) is 0 Å². The fourth-order valence-corrected chi connectivity index (χ4v) is 2.43. The van der Waals surface area contributed by atoms with E-state index in [-0.39, 0.29) is 11.9 Å². The number of carbonyl (C=O) groups is 1. The maximum atomic E-state index is 11.4. The van der Waals surface area contributed by atoms with E-state index in [1.807, 2.05) is 18.2 Å². The average molecular weight is 174 g/mol. The molecule has 2 atom stereocenters. The first-order valence-electron chi connectivity index (χ1n) is 4.61. The van der Waals surface area contributed by atoms with E-state index in [0.717, 1.165) is 6.42 Å². The predicted octanol–water partition coefficient (Wildman–Crippen LogP) is 1.50. The summed E-state index contributed by atoms with van der Waals surface area (Å²) in [5.74, 6) is 0.413. The monoisotopic (exact) mass is 174 g/mol. The summed E-state index contributed by atoms with van der Waals surface area (Å²) < 4.78 is 5.04. The number of ether oxygens (including phenoxy) is 1. The van der Waals surface area contributed by atoms with E-state index < -0.39 is 0 Å². The lowest BCUT2D eigenvalue weighted by atomic mass is 9.96. The smallest absolute Gasteiger partial charge is 0.313 e. The Labute approximate surface area is 76.5 Å². The van der Waals surface area contributed by atoms with Crippen LogP contribution in [0.15, 0.2) is 24.3 Å². The van der Waals surface area contributed by atoms with Crippen molar-refractivity contribution in [2.75, 3.05) is 6.61 Å². The summed E-state index contributed by atoms with van der Waals surface area (Å²) in [6.45, 7) is 0.609. The molecule has 3 rings (SSSR count). The summed E-state index contributed by atoms with van der Waals surface area (Å²) in [4.78, 5) is 11.4. The SMILES string of the molecule is O=C1OC[C@H]2Cc3ccccc3[C@@H]12. The van der Waals surface area contributed by atoms with Crippen molar-refractivity contribution in [3.8, 4) is 0 Å². The van der Waals surface area contributed by atoms with E-state index in [0.29, 0.717) is 12.5 Å². The van der Waals surface area contributed by atoms with Crippen molar-refractivity contribution in [1.82, 2.24) is 0 Å². The van der Waals surface area contributed by atoms with Crippen LogP contribution in [0.5, 0.6) is 0 Å². The molecular formula is C11H10O2. The third-order valence-electron chi connectivity index (χ3n) is 3.04. The maximum Gasteiger partial charge on any atom is 0.313 e. The second-order valence-corrected chi connectivity index (χ2v) is 3.77. The van der Waals surface area contributed by atoms with E-state index in [9.17, 15) is 4.79 Å². The van der Waals surface area contributed by atoms with Crippen molar-refractivity contribution in [3.63, 3.8) is 0 Å². The minimum absolute atomic E-state index is 0.0325. The Morgan fingerprint density at radius 2 is 2.15 bits per heavy atom. The largest absolute Gasteiger partial charge is 0.465 e. The molecule has 1 fully saturated rings. The fourth-order valence-electron chi connectivity index (χ4n) is 2.43. The molecule has 2 heteroatoms. The zero-order chi connectivity index (χ0) is 8.84. The number of carbonyl (C=O) groups excluding carboxylic acids is 1. The van der Waals surface area contributed by atoms with Crippen LogP contribution in [0, 0.1) is 5.92 Å². The molecule has 66 valence electrons. The van der Waals surface area contributed by atoms with Crippen LogP contribution in [0.1, 0.15) is 17.0 Å². The van der Waals surface area contributed by atoms with Crippen LogP contribution < -0.4 is 0 Å². The average Bonchev–Trinajstić information content (AvgIpc) is 2.66. The highest BCUT2D eigenvalue weighted by atomic mass is 16.5. The number of cyclic esters (lactones) is 1. The molecule has 2 aliphatic rings. The van der Waals surface area contributed by atoms with Crippen LogP contribution in [-0.2, 0) is 16.0 Å². The first-order chi connectivity index (χ1) is 6.36. The van der Waals surface area contributed by atoms with Crippen molar-refractivity contribution >= 4 is 5.97 Å². The van der Waals surface area contributed by atoms with Crippen molar-refractivity contribution in [3.05, 3.63) is 35.4 Å². The van der Waals surface area contributed by atoms with Crippen LogP contribution >= 0.6 is 0 Å². The van der Waals surface area contributed by atoms with Crippen LogP contribution in [-0.4, -0.2) is 12.6 Å². The van der Waals surface area contributed by atoms with E-state index in [2.05, 4.69) is 6.07 Å². The van der Waals surface area contributed by atoms with Gasteiger partial charge in [-0.2, -0.15) is 0 Å². The second kappa shape index (κ2) is 2.34. The van der Waals surface area contributed by atoms with Gasteiger partial charge in [0.2, 0.25) is 0 Å². The highest BCUT2D eigenvalue weighted by Gasteiger charge is 2.43. The number of hydrogen-bond acceptors (Lipinski definition) is 2. The van der Waals surface area contributed by atoms with E-state index >= 15 is 0 Å². The molecule has 0 saturated carbocycles. The topological polar surface area (TPSA) is 26.3 Å². The second-order valence-electron chi connectivity index (χ2n) is 3.77. The van der Waals surface area contributed by atoms with Gasteiger partial charge in [0, 0.05) is 5.92 Å². The molecule has 1 heterocycles. The lowest BCUT2D eigenvalue weighted by Gasteiger charge is -2.03. The van der Waals surface area contributed by atoms with Crippen LogP contribution in [0.25, 0.3) is 0 Å². The Balaban J connectivity index is 2.13. The van der Waals surface area contributed by atoms with E-state index in [4.69, 9.17) is 4.74 Å². The highest BCUT2D eigenvalue weighted by molar-refractivity contribution is 5.82. The number of hydrogen-bond donors (Lipinski definition) is 0. The normalized spacial score (nSPS) is 29.7. The van der Waals surface area contributed by atoms with Gasteiger partial charge in [-0.1, -0.05) is 24.3 Å². The Kier molecular flexibility index (Phi) is 1.29. The van der Waals surface area contributed by atoms with Crippen LogP contribution in [0.2, 0.25) is 0 Å². The zero-order valence-electron chi connectivity index (χ0n) is 7.19. The van der Waals surface area contributed by atoms with Crippen LogP contribution in [0.4, 0.5) is 0 Å². The third-order valence-corrected chi connectivity index (χ3v) is 3.04. The summed E-state index contributed by atoms with van der Waals surface area (Å²) in [5.41, 5.74) is 2.52. The Bertz CT molecular complexity index is 370. The first-order valence-corrected chi connectivity index (χ1v) is 4.61. The summed E-state index contributed by atoms with van der Waals surface area (Å²) in [6.07, 6.45) is 1.01. The molecule has 1 aromatic carbocycles. The quantitative estimate of drug-likeness (QED) is 0.557. The van der Waals surface area contributed by atoms with E-state index in [1.165, 1.54) is 11.1 Å². The lowest BCUT2D eigenvalue weighted by molar-refractivity contribution is -0.139. The minimum atomic E-state index is -0.0325. The number of fused-ring (bicyclic) bond motifs is 3. The third kappa shape index (κ3) is 0.857. The fraction of sp³-hybridized carbons (Fsp3) is 0.364. The van der Waals surface area contributed by atoms with Gasteiger partial charge < -0.3 is 4.74 Å². The molecule has 0 N–H and O–H groups in total.